The summed E-state index contributed by atoms with van der Waals surface area (Å²) in [5, 5.41) is 16.0. The summed E-state index contributed by atoms with van der Waals surface area (Å²) < 4.78 is 9.44. The lowest BCUT2D eigenvalue weighted by molar-refractivity contribution is -0.141. The first-order valence-corrected chi connectivity index (χ1v) is 14.1. The molecule has 0 saturated carbocycles. The van der Waals surface area contributed by atoms with Crippen LogP contribution in [0.3, 0.4) is 0 Å². The van der Waals surface area contributed by atoms with E-state index < -0.39 is 33.4 Å². The number of likely N-dealkylation sites (tertiary alicyclic amines) is 1. The number of rotatable bonds is 9. The highest BCUT2D eigenvalue weighted by Gasteiger charge is 2.77. The molecule has 6 atom stereocenters. The van der Waals surface area contributed by atoms with E-state index in [9.17, 15) is 19.5 Å². The number of thioether (sulfide) groups is 1. The van der Waals surface area contributed by atoms with Gasteiger partial charge in [0.25, 0.3) is 0 Å². The van der Waals surface area contributed by atoms with Crippen LogP contribution in [-0.4, -0.2) is 69.6 Å². The molecule has 3 fully saturated rings. The standard InChI is InChI=1S/C29H35N3O6S/c1-5-38-21-12-8-18(9-13-21)30-25(34)22-23-27(36)32(17(2)16-33)24(29(23)15-14-28(22,3)39-29)26(35)31-19-6-10-20(37-4)11-7-19/h6-13,17,22-24,33H,5,14-16H2,1-4H3,(H,30,34)(H,31,35)/t17-,22-,23+,24?,28+,29?/m1/s1. The summed E-state index contributed by atoms with van der Waals surface area (Å²) in [6.45, 7) is 5.93. The van der Waals surface area contributed by atoms with E-state index in [4.69, 9.17) is 9.47 Å². The summed E-state index contributed by atoms with van der Waals surface area (Å²) in [6, 6.07) is 12.7. The van der Waals surface area contributed by atoms with Gasteiger partial charge in [0, 0.05) is 16.1 Å². The maximum Gasteiger partial charge on any atom is 0.248 e. The normalized spacial score (nSPS) is 29.6. The van der Waals surface area contributed by atoms with Gasteiger partial charge in [-0.3, -0.25) is 14.4 Å². The number of aliphatic hydroxyl groups is 1. The van der Waals surface area contributed by atoms with Gasteiger partial charge in [0.1, 0.15) is 17.5 Å². The molecular formula is C29H35N3O6S. The van der Waals surface area contributed by atoms with E-state index in [2.05, 4.69) is 10.6 Å². The summed E-state index contributed by atoms with van der Waals surface area (Å²) >= 11 is 1.59. The van der Waals surface area contributed by atoms with E-state index in [1.54, 1.807) is 74.3 Å². The average molecular weight is 554 g/mol. The number of amides is 3. The van der Waals surface area contributed by atoms with Gasteiger partial charge >= 0.3 is 0 Å². The predicted octanol–water partition coefficient (Wildman–Crippen LogP) is 3.53. The largest absolute Gasteiger partial charge is 0.497 e. The van der Waals surface area contributed by atoms with Crippen molar-refractivity contribution in [3.8, 4) is 11.5 Å². The SMILES string of the molecule is CCOc1ccc(NC(=O)[C@H]2[C@H]3C(=O)N([C@H](C)CO)C(C(=O)Nc4ccc(OC)cc4)C34CC[C@]2(C)S4)cc1. The fourth-order valence-corrected chi connectivity index (χ4v) is 8.88. The van der Waals surface area contributed by atoms with Gasteiger partial charge < -0.3 is 30.1 Å². The molecule has 3 heterocycles. The highest BCUT2D eigenvalue weighted by Crippen LogP contribution is 2.71. The Morgan fingerprint density at radius 1 is 1.05 bits per heavy atom. The minimum absolute atomic E-state index is 0.234. The van der Waals surface area contributed by atoms with Crippen LogP contribution in [0.2, 0.25) is 0 Å². The zero-order chi connectivity index (χ0) is 27.9. The number of fused-ring (bicyclic) bond motifs is 1. The van der Waals surface area contributed by atoms with Gasteiger partial charge in [0.05, 0.1) is 42.9 Å². The van der Waals surface area contributed by atoms with Crippen molar-refractivity contribution in [3.05, 3.63) is 48.5 Å². The van der Waals surface area contributed by atoms with E-state index in [1.165, 1.54) is 4.90 Å². The Kier molecular flexibility index (Phi) is 7.28. The van der Waals surface area contributed by atoms with Crippen molar-refractivity contribution >= 4 is 40.9 Å². The molecule has 3 N–H and O–H groups in total. The number of nitrogens with zero attached hydrogens (tertiary/aromatic N) is 1. The van der Waals surface area contributed by atoms with Crippen LogP contribution in [0.5, 0.6) is 11.5 Å². The van der Waals surface area contributed by atoms with Gasteiger partial charge in [-0.15, -0.1) is 11.8 Å². The fourth-order valence-electron chi connectivity index (χ4n) is 6.53. The average Bonchev–Trinajstić information content (AvgIpc) is 3.50. The molecule has 0 aromatic heterocycles. The Morgan fingerprint density at radius 3 is 2.21 bits per heavy atom. The number of carbonyl (C=O) groups is 3. The highest BCUT2D eigenvalue weighted by atomic mass is 32.2. The smallest absolute Gasteiger partial charge is 0.248 e. The topological polar surface area (TPSA) is 117 Å². The molecule has 0 radical (unpaired) electrons. The maximum atomic E-state index is 14.1. The third-order valence-corrected chi connectivity index (χ3v) is 10.3. The molecule has 3 aliphatic heterocycles. The molecule has 9 nitrogen and oxygen atoms in total. The Bertz CT molecular complexity index is 1250. The lowest BCUT2D eigenvalue weighted by Crippen LogP contribution is -2.54. The Hall–Kier alpha value is -3.24. The number of hydrogen-bond donors (Lipinski definition) is 3. The fraction of sp³-hybridized carbons (Fsp3) is 0.483. The predicted molar refractivity (Wildman–Crippen MR) is 150 cm³/mol. The molecule has 208 valence electrons. The molecule has 3 saturated heterocycles. The molecule has 3 amide bonds. The van der Waals surface area contributed by atoms with Crippen LogP contribution in [0.4, 0.5) is 11.4 Å². The van der Waals surface area contributed by atoms with Gasteiger partial charge in [0.15, 0.2) is 0 Å². The second-order valence-corrected chi connectivity index (χ2v) is 12.6. The van der Waals surface area contributed by atoms with Crippen LogP contribution in [0.25, 0.3) is 0 Å². The third kappa shape index (κ3) is 4.53. The molecule has 0 aliphatic carbocycles. The maximum absolute atomic E-state index is 14.1. The van der Waals surface area contributed by atoms with E-state index >= 15 is 0 Å². The zero-order valence-electron chi connectivity index (χ0n) is 22.6. The minimum Gasteiger partial charge on any atom is -0.497 e. The van der Waals surface area contributed by atoms with Crippen molar-refractivity contribution in [3.63, 3.8) is 0 Å². The summed E-state index contributed by atoms with van der Waals surface area (Å²) in [6.07, 6.45) is 1.34. The van der Waals surface area contributed by atoms with E-state index in [0.717, 1.165) is 0 Å². The number of ether oxygens (including phenoxy) is 2. The van der Waals surface area contributed by atoms with Gasteiger partial charge in [-0.05, 0) is 82.1 Å². The lowest BCUT2D eigenvalue weighted by Gasteiger charge is -2.36. The van der Waals surface area contributed by atoms with Crippen LogP contribution in [0, 0.1) is 11.8 Å². The molecule has 39 heavy (non-hydrogen) atoms. The lowest BCUT2D eigenvalue weighted by atomic mass is 9.66. The Labute approximate surface area is 232 Å². The van der Waals surface area contributed by atoms with Crippen molar-refractivity contribution in [2.45, 2.75) is 55.2 Å². The summed E-state index contributed by atoms with van der Waals surface area (Å²) in [5.41, 5.74) is 1.20. The number of benzene rings is 2. The molecule has 2 aromatic carbocycles. The number of nitrogens with one attached hydrogen (secondary N) is 2. The van der Waals surface area contributed by atoms with Crippen molar-refractivity contribution in [1.82, 2.24) is 4.90 Å². The molecule has 2 bridgehead atoms. The number of anilines is 2. The Balaban J connectivity index is 1.45. The summed E-state index contributed by atoms with van der Waals surface area (Å²) in [5.74, 6) is -0.733. The second kappa shape index (κ2) is 10.4. The van der Waals surface area contributed by atoms with Gasteiger partial charge in [0.2, 0.25) is 17.7 Å². The van der Waals surface area contributed by atoms with E-state index in [0.29, 0.717) is 42.3 Å². The van der Waals surface area contributed by atoms with Crippen molar-refractivity contribution < 1.29 is 29.0 Å². The number of aliphatic hydroxyl groups excluding tert-OH is 1. The molecule has 10 heteroatoms. The molecular weight excluding hydrogens is 518 g/mol. The van der Waals surface area contributed by atoms with Crippen molar-refractivity contribution in [2.75, 3.05) is 31.0 Å². The summed E-state index contributed by atoms with van der Waals surface area (Å²) in [4.78, 5) is 43.2. The van der Waals surface area contributed by atoms with Gasteiger partial charge in [-0.1, -0.05) is 0 Å². The van der Waals surface area contributed by atoms with Gasteiger partial charge in [-0.2, -0.15) is 0 Å². The zero-order valence-corrected chi connectivity index (χ0v) is 23.4. The van der Waals surface area contributed by atoms with Crippen LogP contribution in [0.1, 0.15) is 33.6 Å². The quantitative estimate of drug-likeness (QED) is 0.435. The van der Waals surface area contributed by atoms with Crippen LogP contribution < -0.4 is 20.1 Å². The van der Waals surface area contributed by atoms with E-state index in [1.807, 2.05) is 13.8 Å². The first-order chi connectivity index (χ1) is 18.7. The first-order valence-electron chi connectivity index (χ1n) is 13.3. The first kappa shape index (κ1) is 27.3. The molecule has 2 aromatic rings. The van der Waals surface area contributed by atoms with E-state index in [-0.39, 0.29) is 24.3 Å². The van der Waals surface area contributed by atoms with Crippen LogP contribution in [-0.2, 0) is 14.4 Å². The highest BCUT2D eigenvalue weighted by molar-refractivity contribution is 8.02. The van der Waals surface area contributed by atoms with Crippen molar-refractivity contribution in [2.24, 2.45) is 11.8 Å². The number of hydrogen-bond acceptors (Lipinski definition) is 7. The van der Waals surface area contributed by atoms with Gasteiger partial charge in [-0.25, -0.2) is 0 Å². The van der Waals surface area contributed by atoms with Crippen LogP contribution >= 0.6 is 11.8 Å². The summed E-state index contributed by atoms with van der Waals surface area (Å²) in [7, 11) is 1.57. The molecule has 5 rings (SSSR count). The monoisotopic (exact) mass is 553 g/mol. The molecule has 1 spiro atoms. The number of methoxy groups -OCH3 is 1. The van der Waals surface area contributed by atoms with Crippen LogP contribution in [0.15, 0.2) is 48.5 Å². The van der Waals surface area contributed by atoms with Crippen molar-refractivity contribution in [1.29, 1.82) is 0 Å². The second-order valence-electron chi connectivity index (χ2n) is 10.7. The third-order valence-electron chi connectivity index (χ3n) is 8.27. The Morgan fingerprint density at radius 2 is 1.64 bits per heavy atom. The molecule has 2 unspecified atom stereocenters. The number of carbonyl (C=O) groups excluding carboxylic acids is 3. The molecule has 3 aliphatic rings. The minimum atomic E-state index is -0.825.